The summed E-state index contributed by atoms with van der Waals surface area (Å²) in [6.45, 7) is 0.107. The molecule has 3 N–H and O–H groups in total. The van der Waals surface area contributed by atoms with Gasteiger partial charge in [-0.3, -0.25) is 0 Å². The van der Waals surface area contributed by atoms with Crippen LogP contribution in [0.3, 0.4) is 0 Å². The van der Waals surface area contributed by atoms with E-state index in [0.717, 1.165) is 25.7 Å². The van der Waals surface area contributed by atoms with E-state index in [4.69, 9.17) is 5.11 Å². The molecule has 17 heavy (non-hydrogen) atoms. The lowest BCUT2D eigenvalue weighted by atomic mass is 10.2. The average molecular weight is 242 g/mol. The van der Waals surface area contributed by atoms with Gasteiger partial charge in [-0.15, -0.1) is 0 Å². The second-order valence-electron chi connectivity index (χ2n) is 4.83. The minimum atomic E-state index is -1.05. The van der Waals surface area contributed by atoms with Crippen molar-refractivity contribution in [3.8, 4) is 0 Å². The Hall–Kier alpha value is -1.30. The van der Waals surface area contributed by atoms with E-state index >= 15 is 0 Å². The van der Waals surface area contributed by atoms with Crippen LogP contribution in [0.25, 0.3) is 0 Å². The summed E-state index contributed by atoms with van der Waals surface area (Å²) in [6.07, 6.45) is 3.52. The topological polar surface area (TPSA) is 89.9 Å². The van der Waals surface area contributed by atoms with Crippen LogP contribution in [0, 0.1) is 0 Å². The van der Waals surface area contributed by atoms with Gasteiger partial charge >= 0.3 is 12.0 Å². The van der Waals surface area contributed by atoms with Gasteiger partial charge in [0.1, 0.15) is 6.04 Å². The van der Waals surface area contributed by atoms with Crippen molar-refractivity contribution >= 4 is 12.0 Å². The maximum absolute atomic E-state index is 11.9. The lowest BCUT2D eigenvalue weighted by Crippen LogP contribution is -2.48. The third-order valence-corrected chi connectivity index (χ3v) is 3.51. The number of urea groups is 1. The molecule has 1 saturated carbocycles. The van der Waals surface area contributed by atoms with Crippen molar-refractivity contribution in [3.05, 3.63) is 0 Å². The van der Waals surface area contributed by atoms with Gasteiger partial charge in [0, 0.05) is 19.0 Å². The van der Waals surface area contributed by atoms with Crippen LogP contribution in [0.5, 0.6) is 0 Å². The fraction of sp³-hybridized carbons (Fsp3) is 0.818. The van der Waals surface area contributed by atoms with Gasteiger partial charge in [0.05, 0.1) is 6.10 Å². The van der Waals surface area contributed by atoms with Crippen LogP contribution in [0.2, 0.25) is 0 Å². The Balaban J connectivity index is 1.94. The maximum atomic E-state index is 11.9. The van der Waals surface area contributed by atoms with Crippen molar-refractivity contribution in [1.29, 1.82) is 0 Å². The fourth-order valence-corrected chi connectivity index (χ4v) is 2.60. The van der Waals surface area contributed by atoms with Crippen molar-refractivity contribution in [2.45, 2.75) is 50.3 Å². The molecular formula is C11H18N2O4. The van der Waals surface area contributed by atoms with Gasteiger partial charge < -0.3 is 20.4 Å². The summed E-state index contributed by atoms with van der Waals surface area (Å²) in [5, 5.41) is 21.3. The Bertz CT molecular complexity index is 315. The highest BCUT2D eigenvalue weighted by molar-refractivity contribution is 5.83. The number of aliphatic carboxylic acids is 1. The van der Waals surface area contributed by atoms with Crippen LogP contribution in [0.1, 0.15) is 32.1 Å². The standard InChI is InChI=1S/C11H18N2O4/c14-8-5-9(10(15)16)13(6-8)11(17)12-7-3-1-2-4-7/h7-9,14H,1-6H2,(H,12,17)(H,15,16)/t8-,9+/m1/s1. The second kappa shape index (κ2) is 4.91. The highest BCUT2D eigenvalue weighted by Gasteiger charge is 2.39. The molecule has 2 atom stereocenters. The number of carbonyl (C=O) groups is 2. The molecule has 2 amide bonds. The van der Waals surface area contributed by atoms with Crippen LogP contribution in [0.4, 0.5) is 4.79 Å². The number of aliphatic hydroxyl groups excluding tert-OH is 1. The van der Waals surface area contributed by atoms with Crippen LogP contribution < -0.4 is 5.32 Å². The summed E-state index contributed by atoms with van der Waals surface area (Å²) in [5.74, 6) is -1.05. The largest absolute Gasteiger partial charge is 0.480 e. The molecule has 96 valence electrons. The molecule has 0 bridgehead atoms. The van der Waals surface area contributed by atoms with Crippen LogP contribution in [0.15, 0.2) is 0 Å². The molecule has 0 aromatic carbocycles. The summed E-state index contributed by atoms with van der Waals surface area (Å²) >= 11 is 0. The lowest BCUT2D eigenvalue weighted by molar-refractivity contribution is -0.141. The smallest absolute Gasteiger partial charge is 0.326 e. The maximum Gasteiger partial charge on any atom is 0.326 e. The number of β-amino-alcohol motifs (C(OH)–C–C–N with tert-alkyl or cyclic N) is 1. The minimum Gasteiger partial charge on any atom is -0.480 e. The molecule has 2 rings (SSSR count). The van der Waals surface area contributed by atoms with Gasteiger partial charge in [0.25, 0.3) is 0 Å². The van der Waals surface area contributed by atoms with Crippen LogP contribution in [-0.2, 0) is 4.79 Å². The van der Waals surface area contributed by atoms with Crippen molar-refractivity contribution in [1.82, 2.24) is 10.2 Å². The molecule has 0 aromatic heterocycles. The first-order valence-electron chi connectivity index (χ1n) is 6.06. The number of hydrogen-bond donors (Lipinski definition) is 3. The van der Waals surface area contributed by atoms with Crippen molar-refractivity contribution < 1.29 is 19.8 Å². The van der Waals surface area contributed by atoms with E-state index in [2.05, 4.69) is 5.32 Å². The molecule has 6 nitrogen and oxygen atoms in total. The number of rotatable bonds is 2. The normalized spacial score (nSPS) is 29.6. The van der Waals surface area contributed by atoms with E-state index < -0.39 is 18.1 Å². The molecule has 1 aliphatic carbocycles. The molecule has 0 radical (unpaired) electrons. The van der Waals surface area contributed by atoms with Gasteiger partial charge in [-0.25, -0.2) is 9.59 Å². The Morgan fingerprint density at radius 1 is 1.24 bits per heavy atom. The van der Waals surface area contributed by atoms with Gasteiger partial charge in [0.2, 0.25) is 0 Å². The first kappa shape index (κ1) is 12.2. The monoisotopic (exact) mass is 242 g/mol. The average Bonchev–Trinajstić information content (AvgIpc) is 2.86. The third-order valence-electron chi connectivity index (χ3n) is 3.51. The van der Waals surface area contributed by atoms with Crippen LogP contribution in [-0.4, -0.2) is 51.8 Å². The van der Waals surface area contributed by atoms with Crippen molar-refractivity contribution in [2.24, 2.45) is 0 Å². The van der Waals surface area contributed by atoms with Gasteiger partial charge in [0.15, 0.2) is 0 Å². The number of nitrogens with zero attached hydrogens (tertiary/aromatic N) is 1. The Kier molecular flexibility index (Phi) is 3.51. The number of aliphatic hydroxyl groups is 1. The number of carboxylic acids is 1. The number of carbonyl (C=O) groups excluding carboxylic acids is 1. The Morgan fingerprint density at radius 2 is 1.88 bits per heavy atom. The molecule has 1 saturated heterocycles. The predicted octanol–water partition coefficient (Wildman–Crippen LogP) is 0.158. The van der Waals surface area contributed by atoms with Crippen molar-refractivity contribution in [3.63, 3.8) is 0 Å². The number of likely N-dealkylation sites (tertiary alicyclic amines) is 1. The highest BCUT2D eigenvalue weighted by Crippen LogP contribution is 2.21. The first-order valence-corrected chi connectivity index (χ1v) is 6.06. The molecule has 1 aliphatic heterocycles. The molecular weight excluding hydrogens is 224 g/mol. The second-order valence-corrected chi connectivity index (χ2v) is 4.83. The number of carboxylic acid groups (broad SMARTS) is 1. The van der Waals surface area contributed by atoms with E-state index in [1.165, 1.54) is 4.90 Å². The summed E-state index contributed by atoms with van der Waals surface area (Å²) in [5.41, 5.74) is 0. The summed E-state index contributed by atoms with van der Waals surface area (Å²) in [4.78, 5) is 24.1. The number of amides is 2. The van der Waals surface area contributed by atoms with Gasteiger partial charge in [-0.05, 0) is 12.8 Å². The zero-order chi connectivity index (χ0) is 12.4. The number of hydrogen-bond acceptors (Lipinski definition) is 3. The summed E-state index contributed by atoms with van der Waals surface area (Å²) < 4.78 is 0. The summed E-state index contributed by atoms with van der Waals surface area (Å²) in [6, 6.07) is -1.10. The zero-order valence-electron chi connectivity index (χ0n) is 9.63. The molecule has 1 heterocycles. The zero-order valence-corrected chi connectivity index (χ0v) is 9.63. The van der Waals surface area contributed by atoms with E-state index in [-0.39, 0.29) is 25.0 Å². The Labute approximate surface area is 99.6 Å². The van der Waals surface area contributed by atoms with Crippen LogP contribution >= 0.6 is 0 Å². The lowest BCUT2D eigenvalue weighted by Gasteiger charge is -2.23. The molecule has 0 unspecified atom stereocenters. The SMILES string of the molecule is O=C(O)[C@@H]1C[C@@H](O)CN1C(=O)NC1CCCC1. The quantitative estimate of drug-likeness (QED) is 0.643. The fourth-order valence-electron chi connectivity index (χ4n) is 2.60. The molecule has 0 spiro atoms. The Morgan fingerprint density at radius 3 is 2.47 bits per heavy atom. The molecule has 0 aromatic rings. The third kappa shape index (κ3) is 2.69. The number of nitrogens with one attached hydrogen (secondary N) is 1. The highest BCUT2D eigenvalue weighted by atomic mass is 16.4. The van der Waals surface area contributed by atoms with Crippen molar-refractivity contribution in [2.75, 3.05) is 6.54 Å². The summed E-state index contributed by atoms with van der Waals surface area (Å²) in [7, 11) is 0. The van der Waals surface area contributed by atoms with E-state index in [1.807, 2.05) is 0 Å². The predicted molar refractivity (Wildman–Crippen MR) is 59.5 cm³/mol. The van der Waals surface area contributed by atoms with E-state index in [9.17, 15) is 14.7 Å². The molecule has 2 aliphatic rings. The molecule has 6 heteroatoms. The van der Waals surface area contributed by atoms with E-state index in [1.54, 1.807) is 0 Å². The van der Waals surface area contributed by atoms with Gasteiger partial charge in [-0.2, -0.15) is 0 Å². The minimum absolute atomic E-state index is 0.107. The van der Waals surface area contributed by atoms with E-state index in [0.29, 0.717) is 0 Å². The van der Waals surface area contributed by atoms with Gasteiger partial charge in [-0.1, -0.05) is 12.8 Å². The molecule has 2 fully saturated rings. The first-order chi connectivity index (χ1) is 8.08.